The van der Waals surface area contributed by atoms with Gasteiger partial charge in [-0.1, -0.05) is 116 Å². The van der Waals surface area contributed by atoms with E-state index < -0.39 is 0 Å². The summed E-state index contributed by atoms with van der Waals surface area (Å²) in [6, 6.07) is 7.66. The van der Waals surface area contributed by atoms with Crippen molar-refractivity contribution in [2.75, 3.05) is 0 Å². The summed E-state index contributed by atoms with van der Waals surface area (Å²) in [5, 5.41) is 0. The molecule has 4 aliphatic carbocycles. The SMILES string of the molecule is CC(C)(C)c1ccc2c(c1)C([SiH3])c1c(C3=CC=CC3)c(C(C)(C)C)c(C3CCCCC3)c(C3CCCCC3)c1-2. The van der Waals surface area contributed by atoms with Crippen molar-refractivity contribution in [3.05, 3.63) is 75.4 Å². The molecule has 2 saturated carbocycles. The van der Waals surface area contributed by atoms with Crippen LogP contribution in [0.5, 0.6) is 0 Å². The van der Waals surface area contributed by atoms with E-state index in [1.165, 1.54) is 80.0 Å². The van der Waals surface area contributed by atoms with Crippen molar-refractivity contribution in [3.63, 3.8) is 0 Å². The molecule has 208 valence electrons. The van der Waals surface area contributed by atoms with Crippen molar-refractivity contribution < 1.29 is 0 Å². The van der Waals surface area contributed by atoms with Crippen LogP contribution >= 0.6 is 0 Å². The molecule has 0 aromatic heterocycles. The van der Waals surface area contributed by atoms with E-state index in [9.17, 15) is 0 Å². The Labute approximate surface area is 242 Å². The third kappa shape index (κ3) is 4.75. The maximum absolute atomic E-state index is 2.62. The van der Waals surface area contributed by atoms with E-state index in [0.717, 1.165) is 18.3 Å². The second kappa shape index (κ2) is 10.2. The Bertz CT molecular complexity index is 1310. The largest absolute Gasteiger partial charge is 0.0801 e. The molecule has 6 rings (SSSR count). The van der Waals surface area contributed by atoms with Gasteiger partial charge in [-0.3, -0.25) is 0 Å². The second-order valence-corrected chi connectivity index (χ2v) is 16.5. The van der Waals surface area contributed by atoms with Crippen LogP contribution in [-0.4, -0.2) is 10.2 Å². The average molecular weight is 537 g/mol. The van der Waals surface area contributed by atoms with Crippen molar-refractivity contribution in [2.45, 2.75) is 140 Å². The van der Waals surface area contributed by atoms with Crippen LogP contribution in [0, 0.1) is 0 Å². The lowest BCUT2D eigenvalue weighted by molar-refractivity contribution is 0.412. The normalized spacial score (nSPS) is 22.3. The van der Waals surface area contributed by atoms with Gasteiger partial charge in [-0.05, 0) is 116 Å². The molecule has 39 heavy (non-hydrogen) atoms. The molecule has 0 saturated heterocycles. The smallest absolute Gasteiger partial charge is 0.0179 e. The summed E-state index contributed by atoms with van der Waals surface area (Å²) >= 11 is 0. The van der Waals surface area contributed by atoms with Gasteiger partial charge in [0.1, 0.15) is 0 Å². The molecular weight excluding hydrogens is 485 g/mol. The zero-order chi connectivity index (χ0) is 27.5. The van der Waals surface area contributed by atoms with E-state index >= 15 is 0 Å². The molecule has 1 atom stereocenters. The fraction of sp³-hybridized carbons (Fsp3) is 0.579. The van der Waals surface area contributed by atoms with Gasteiger partial charge in [-0.2, -0.15) is 0 Å². The van der Waals surface area contributed by atoms with Gasteiger partial charge in [-0.25, -0.2) is 0 Å². The van der Waals surface area contributed by atoms with Crippen LogP contribution in [0.1, 0.15) is 168 Å². The predicted octanol–water partition coefficient (Wildman–Crippen LogP) is 10.2. The molecule has 2 aromatic rings. The van der Waals surface area contributed by atoms with Crippen molar-refractivity contribution >= 4 is 15.8 Å². The Morgan fingerprint density at radius 3 is 1.85 bits per heavy atom. The average Bonchev–Trinajstić information content (AvgIpc) is 3.54. The minimum Gasteiger partial charge on any atom is -0.0801 e. The second-order valence-electron chi connectivity index (χ2n) is 15.4. The van der Waals surface area contributed by atoms with E-state index in [1.54, 1.807) is 39.0 Å². The van der Waals surface area contributed by atoms with Gasteiger partial charge in [0.25, 0.3) is 0 Å². The van der Waals surface area contributed by atoms with Gasteiger partial charge < -0.3 is 0 Å². The van der Waals surface area contributed by atoms with Crippen molar-refractivity contribution in [1.82, 2.24) is 0 Å². The van der Waals surface area contributed by atoms with E-state index in [2.05, 4.69) is 78.0 Å². The highest BCUT2D eigenvalue weighted by atomic mass is 28.1. The summed E-state index contributed by atoms with van der Waals surface area (Å²) in [5.74, 6) is 1.46. The zero-order valence-electron chi connectivity index (χ0n) is 26.0. The third-order valence-electron chi connectivity index (χ3n) is 10.6. The van der Waals surface area contributed by atoms with Crippen LogP contribution in [0.4, 0.5) is 0 Å². The minimum absolute atomic E-state index is 0.136. The van der Waals surface area contributed by atoms with E-state index in [1.807, 2.05) is 11.1 Å². The predicted molar refractivity (Wildman–Crippen MR) is 174 cm³/mol. The number of fused-ring (bicyclic) bond motifs is 3. The van der Waals surface area contributed by atoms with Crippen LogP contribution in [0.2, 0.25) is 0 Å². The van der Waals surface area contributed by atoms with Crippen LogP contribution in [-0.2, 0) is 10.8 Å². The Kier molecular flexibility index (Phi) is 7.14. The number of hydrogen-bond donors (Lipinski definition) is 0. The lowest BCUT2D eigenvalue weighted by atomic mass is 9.65. The molecule has 0 radical (unpaired) electrons. The summed E-state index contributed by atoms with van der Waals surface area (Å²) in [6.45, 7) is 14.7. The number of allylic oxidation sites excluding steroid dienone is 4. The van der Waals surface area contributed by atoms with Gasteiger partial charge in [0.15, 0.2) is 0 Å². The first-order valence-corrected chi connectivity index (χ1v) is 17.5. The van der Waals surface area contributed by atoms with Gasteiger partial charge in [0.2, 0.25) is 0 Å². The van der Waals surface area contributed by atoms with Crippen LogP contribution in [0.3, 0.4) is 0 Å². The molecule has 0 bridgehead atoms. The first-order valence-electron chi connectivity index (χ1n) is 16.3. The quantitative estimate of drug-likeness (QED) is 0.342. The standard InChI is InChI=1S/C38H52Si/c1-37(2,3)27-21-22-28-29(23-27)36(39)34-32(26-19-13-14-20-26)35(38(4,5)6)31(25-17-11-8-12-18-25)30(33(28)34)24-15-9-7-10-16-24/h13-14,19,21-25,36H,7-12,15-18,20H2,1-6,39H3. The number of benzene rings is 2. The summed E-state index contributed by atoms with van der Waals surface area (Å²) in [6.07, 6.45) is 22.3. The van der Waals surface area contributed by atoms with Crippen molar-refractivity contribution in [3.8, 4) is 11.1 Å². The summed E-state index contributed by atoms with van der Waals surface area (Å²) in [4.78, 5) is 0. The first-order chi connectivity index (χ1) is 18.6. The number of rotatable bonds is 3. The summed E-state index contributed by atoms with van der Waals surface area (Å²) < 4.78 is 0. The molecule has 1 heteroatoms. The molecule has 0 spiro atoms. The Morgan fingerprint density at radius 2 is 1.31 bits per heavy atom. The lowest BCUT2D eigenvalue weighted by Gasteiger charge is -2.39. The molecule has 2 fully saturated rings. The molecule has 4 aliphatic rings. The molecule has 0 N–H and O–H groups in total. The highest BCUT2D eigenvalue weighted by Crippen LogP contribution is 2.58. The zero-order valence-corrected chi connectivity index (χ0v) is 28.0. The van der Waals surface area contributed by atoms with Gasteiger partial charge in [-0.15, -0.1) is 0 Å². The number of hydrogen-bond acceptors (Lipinski definition) is 0. The van der Waals surface area contributed by atoms with Crippen LogP contribution in [0.15, 0.2) is 36.4 Å². The maximum Gasteiger partial charge on any atom is 0.0179 e. The lowest BCUT2D eigenvalue weighted by Crippen LogP contribution is -2.25. The molecule has 0 aliphatic heterocycles. The van der Waals surface area contributed by atoms with Crippen molar-refractivity contribution in [1.29, 1.82) is 0 Å². The van der Waals surface area contributed by atoms with Crippen LogP contribution < -0.4 is 0 Å². The van der Waals surface area contributed by atoms with E-state index in [4.69, 9.17) is 0 Å². The van der Waals surface area contributed by atoms with Gasteiger partial charge >= 0.3 is 0 Å². The molecule has 2 aromatic carbocycles. The topological polar surface area (TPSA) is 0 Å². The summed E-state index contributed by atoms with van der Waals surface area (Å²) in [5.41, 5.74) is 17.8. The first kappa shape index (κ1) is 27.3. The fourth-order valence-electron chi connectivity index (χ4n) is 8.68. The fourth-order valence-corrected chi connectivity index (χ4v) is 9.73. The highest BCUT2D eigenvalue weighted by molar-refractivity contribution is 6.18. The summed E-state index contributed by atoms with van der Waals surface area (Å²) in [7, 11) is 1.17. The Balaban J connectivity index is 1.74. The molecule has 0 nitrogen and oxygen atoms in total. The minimum atomic E-state index is 0.136. The van der Waals surface area contributed by atoms with E-state index in [0.29, 0.717) is 5.54 Å². The van der Waals surface area contributed by atoms with Gasteiger partial charge in [0.05, 0.1) is 0 Å². The highest BCUT2D eigenvalue weighted by Gasteiger charge is 2.41. The molecule has 0 heterocycles. The monoisotopic (exact) mass is 536 g/mol. The van der Waals surface area contributed by atoms with Crippen LogP contribution in [0.25, 0.3) is 16.7 Å². The molecular formula is C38H52Si. The molecule has 0 amide bonds. The Morgan fingerprint density at radius 1 is 0.692 bits per heavy atom. The third-order valence-corrected chi connectivity index (χ3v) is 11.8. The Hall–Kier alpha value is -1.86. The van der Waals surface area contributed by atoms with Gasteiger partial charge in [0, 0.05) is 10.2 Å². The van der Waals surface area contributed by atoms with Crippen molar-refractivity contribution in [2.24, 2.45) is 0 Å². The molecule has 1 unspecified atom stereocenters. The maximum atomic E-state index is 2.62. The van der Waals surface area contributed by atoms with E-state index in [-0.39, 0.29) is 10.8 Å².